The first kappa shape index (κ1) is 17.9. The van der Waals surface area contributed by atoms with Gasteiger partial charge in [-0.15, -0.1) is 0 Å². The molecule has 0 amide bonds. The van der Waals surface area contributed by atoms with Gasteiger partial charge in [0.2, 0.25) is 0 Å². The first-order chi connectivity index (χ1) is 7.47. The lowest BCUT2D eigenvalue weighted by atomic mass is 10.5. The largest absolute Gasteiger partial charge is 0.436 e. The van der Waals surface area contributed by atoms with Crippen LogP contribution in [0.3, 0.4) is 0 Å². The molecule has 0 fully saturated rings. The molecule has 1 N–H and O–H groups in total. The van der Waals surface area contributed by atoms with Crippen LogP contribution >= 0.6 is 9.47 Å². The Labute approximate surface area is 111 Å². The fraction of sp³-hybridized carbons (Fsp3) is 1.00. The van der Waals surface area contributed by atoms with Gasteiger partial charge in [0, 0.05) is 16.1 Å². The van der Waals surface area contributed by atoms with Crippen molar-refractivity contribution in [2.24, 2.45) is 0 Å². The van der Waals surface area contributed by atoms with Crippen LogP contribution in [0.2, 0.25) is 45.3 Å². The highest BCUT2D eigenvalue weighted by atomic mass is 31.0. The maximum Gasteiger partial charge on any atom is 0.320 e. The van der Waals surface area contributed by atoms with Crippen LogP contribution < -0.4 is 0 Å². The summed E-state index contributed by atoms with van der Waals surface area (Å²) in [6.45, 7) is 12.7. The third-order valence-corrected chi connectivity index (χ3v) is 12.0. The lowest BCUT2D eigenvalue weighted by Crippen LogP contribution is -2.52. The summed E-state index contributed by atoms with van der Waals surface area (Å²) in [5.74, 6) is 0. The fourth-order valence-corrected chi connectivity index (χ4v) is 14.2. The van der Waals surface area contributed by atoms with Gasteiger partial charge in [-0.1, -0.05) is 0 Å². The van der Waals surface area contributed by atoms with Gasteiger partial charge >= 0.3 is 17.1 Å². The van der Waals surface area contributed by atoms with Crippen LogP contribution in [-0.2, 0) is 12.8 Å². The fourth-order valence-electron chi connectivity index (χ4n) is 1.92. The van der Waals surface area contributed by atoms with Gasteiger partial charge in [0.15, 0.2) is 8.32 Å². The summed E-state index contributed by atoms with van der Waals surface area (Å²) >= 11 is 0. The minimum atomic E-state index is -2.50. The van der Waals surface area contributed by atoms with E-state index in [1.165, 1.54) is 0 Å². The first-order valence-electron chi connectivity index (χ1n) is 5.92. The molecule has 0 aromatic heterocycles. The van der Waals surface area contributed by atoms with Crippen LogP contribution in [0.1, 0.15) is 6.42 Å². The highest BCUT2D eigenvalue weighted by Crippen LogP contribution is 2.23. The van der Waals surface area contributed by atoms with Gasteiger partial charge < -0.3 is 17.5 Å². The Morgan fingerprint density at radius 3 is 1.94 bits per heavy atom. The molecule has 0 saturated carbocycles. The van der Waals surface area contributed by atoms with E-state index >= 15 is 0 Å². The Bertz CT molecular complexity index is 231. The third kappa shape index (κ3) is 10.5. The van der Waals surface area contributed by atoms with E-state index in [0.717, 1.165) is 19.1 Å². The summed E-state index contributed by atoms with van der Waals surface area (Å²) in [6.07, 6.45) is 1.01. The van der Waals surface area contributed by atoms with Gasteiger partial charge in [-0.3, -0.25) is 0 Å². The quantitative estimate of drug-likeness (QED) is 0.425. The smallest absolute Gasteiger partial charge is 0.320 e. The molecular formula is C9H27O4PSi3. The standard InChI is InChI=1S/C9H27O4PSi3/c1-15(2,9-7-8-11-14)12-17(5,6)13-16(3,4)10/h10H,7-9,14H2,1-6H3. The maximum absolute atomic E-state index is 9.83. The molecule has 0 rings (SSSR count). The zero-order valence-electron chi connectivity index (χ0n) is 11.9. The highest BCUT2D eigenvalue weighted by molar-refractivity contribution is 7.09. The number of hydrogen-bond acceptors (Lipinski definition) is 4. The van der Waals surface area contributed by atoms with Gasteiger partial charge in [0.1, 0.15) is 0 Å². The van der Waals surface area contributed by atoms with Crippen molar-refractivity contribution in [3.63, 3.8) is 0 Å². The zero-order valence-corrected chi connectivity index (χ0v) is 16.0. The van der Waals surface area contributed by atoms with Crippen molar-refractivity contribution in [1.29, 1.82) is 0 Å². The molecule has 0 aliphatic rings. The average Bonchev–Trinajstić information content (AvgIpc) is 1.96. The van der Waals surface area contributed by atoms with Crippen molar-refractivity contribution in [3.8, 4) is 0 Å². The molecule has 8 heteroatoms. The Morgan fingerprint density at radius 2 is 1.53 bits per heavy atom. The third-order valence-electron chi connectivity index (χ3n) is 2.06. The van der Waals surface area contributed by atoms with Crippen LogP contribution in [0.4, 0.5) is 0 Å². The average molecular weight is 315 g/mol. The first-order valence-corrected chi connectivity index (χ1v) is 15.2. The van der Waals surface area contributed by atoms with E-state index in [0.29, 0.717) is 0 Å². The van der Waals surface area contributed by atoms with Crippen LogP contribution in [0.15, 0.2) is 0 Å². The van der Waals surface area contributed by atoms with Crippen LogP contribution in [0.5, 0.6) is 0 Å². The van der Waals surface area contributed by atoms with Crippen molar-refractivity contribution in [1.82, 2.24) is 0 Å². The molecule has 4 nitrogen and oxygen atoms in total. The lowest BCUT2D eigenvalue weighted by Gasteiger charge is -2.36. The zero-order chi connectivity index (χ0) is 13.7. The molecule has 17 heavy (non-hydrogen) atoms. The molecule has 0 spiro atoms. The van der Waals surface area contributed by atoms with Crippen LogP contribution in [-0.4, -0.2) is 36.8 Å². The predicted octanol–water partition coefficient (Wildman–Crippen LogP) is 2.82. The molecule has 1 atom stereocenters. The predicted molar refractivity (Wildman–Crippen MR) is 81.9 cm³/mol. The van der Waals surface area contributed by atoms with Gasteiger partial charge in [0.25, 0.3) is 0 Å². The monoisotopic (exact) mass is 314 g/mol. The van der Waals surface area contributed by atoms with Crippen molar-refractivity contribution in [2.75, 3.05) is 6.61 Å². The molecule has 0 bridgehead atoms. The van der Waals surface area contributed by atoms with E-state index in [2.05, 4.69) is 22.6 Å². The molecule has 0 radical (unpaired) electrons. The second-order valence-corrected chi connectivity index (χ2v) is 17.5. The van der Waals surface area contributed by atoms with E-state index < -0.39 is 25.4 Å². The lowest BCUT2D eigenvalue weighted by molar-refractivity contribution is 0.321. The summed E-state index contributed by atoms with van der Waals surface area (Å²) in [5.41, 5.74) is 0. The molecule has 0 heterocycles. The summed E-state index contributed by atoms with van der Waals surface area (Å²) in [5, 5.41) is 0. The Balaban J connectivity index is 4.27. The van der Waals surface area contributed by atoms with Crippen molar-refractivity contribution < 1.29 is 17.5 Å². The van der Waals surface area contributed by atoms with Crippen LogP contribution in [0, 0.1) is 0 Å². The second-order valence-electron chi connectivity index (χ2n) is 5.78. The molecule has 0 aliphatic carbocycles. The van der Waals surface area contributed by atoms with Gasteiger partial charge in [-0.25, -0.2) is 0 Å². The molecule has 0 aliphatic heterocycles. The molecule has 0 aromatic carbocycles. The molecule has 104 valence electrons. The van der Waals surface area contributed by atoms with E-state index in [9.17, 15) is 4.80 Å². The molecule has 1 unspecified atom stereocenters. The number of rotatable bonds is 8. The van der Waals surface area contributed by atoms with E-state index in [-0.39, 0.29) is 0 Å². The minimum absolute atomic E-state index is 0.744. The summed E-state index contributed by atoms with van der Waals surface area (Å²) in [7, 11) is -4.16. The van der Waals surface area contributed by atoms with Gasteiger partial charge in [0.05, 0.1) is 0 Å². The topological polar surface area (TPSA) is 47.9 Å². The van der Waals surface area contributed by atoms with E-state index in [4.69, 9.17) is 12.8 Å². The van der Waals surface area contributed by atoms with E-state index in [1.807, 2.05) is 13.1 Å². The summed E-state index contributed by atoms with van der Waals surface area (Å²) in [4.78, 5) is 9.83. The molecule has 0 saturated heterocycles. The number of hydrogen-bond donors (Lipinski definition) is 1. The Hall–Kier alpha value is 0.921. The highest BCUT2D eigenvalue weighted by Gasteiger charge is 2.38. The van der Waals surface area contributed by atoms with Crippen LogP contribution in [0.25, 0.3) is 0 Å². The SMILES string of the molecule is C[Si](C)(O)O[Si](C)(C)O[Si](C)(C)CCCOP. The molecule has 0 aromatic rings. The maximum atomic E-state index is 9.83. The summed E-state index contributed by atoms with van der Waals surface area (Å²) in [6, 6.07) is 1.05. The second kappa shape index (κ2) is 6.91. The van der Waals surface area contributed by atoms with Crippen molar-refractivity contribution in [3.05, 3.63) is 0 Å². The summed E-state index contributed by atoms with van der Waals surface area (Å²) < 4.78 is 17.0. The Kier molecular flexibility index (Phi) is 7.28. The van der Waals surface area contributed by atoms with E-state index in [1.54, 1.807) is 13.1 Å². The van der Waals surface area contributed by atoms with Gasteiger partial charge in [-0.05, 0) is 51.7 Å². The van der Waals surface area contributed by atoms with Gasteiger partial charge in [-0.2, -0.15) is 0 Å². The molecular weight excluding hydrogens is 287 g/mol. The Morgan fingerprint density at radius 1 is 1.00 bits per heavy atom. The normalized spacial score (nSPS) is 14.1. The van der Waals surface area contributed by atoms with Crippen molar-refractivity contribution in [2.45, 2.75) is 51.7 Å². The minimum Gasteiger partial charge on any atom is -0.436 e. The van der Waals surface area contributed by atoms with Crippen molar-refractivity contribution >= 4 is 34.9 Å².